The molecule has 0 aromatic heterocycles. The Morgan fingerprint density at radius 3 is 2.67 bits per heavy atom. The van der Waals surface area contributed by atoms with Gasteiger partial charge in [0.25, 0.3) is 5.91 Å². The normalized spacial score (nSPS) is 17.5. The lowest BCUT2D eigenvalue weighted by atomic mass is 10.0. The molecular weight excluding hydrogens is 290 g/mol. The van der Waals surface area contributed by atoms with Crippen LogP contribution in [0.25, 0.3) is 0 Å². The van der Waals surface area contributed by atoms with Gasteiger partial charge >= 0.3 is 0 Å². The molecule has 6 heteroatoms. The number of carbonyl (C=O) groups is 2. The summed E-state index contributed by atoms with van der Waals surface area (Å²) in [5.41, 5.74) is 1.24. The first kappa shape index (κ1) is 17.5. The quantitative estimate of drug-likeness (QED) is 0.896. The molecule has 5 nitrogen and oxygen atoms in total. The number of nitrogens with one attached hydrogen (secondary N) is 2. The number of piperidine rings is 1. The van der Waals surface area contributed by atoms with Crippen molar-refractivity contribution in [2.45, 2.75) is 25.3 Å². The molecule has 1 aliphatic rings. The average Bonchev–Trinajstić information content (AvgIpc) is 2.47. The minimum Gasteiger partial charge on any atom is -0.345 e. The largest absolute Gasteiger partial charge is 0.345 e. The van der Waals surface area contributed by atoms with E-state index in [1.165, 1.54) is 4.90 Å². The van der Waals surface area contributed by atoms with Crippen molar-refractivity contribution >= 4 is 29.9 Å². The molecule has 0 radical (unpaired) electrons. The van der Waals surface area contributed by atoms with Crippen LogP contribution in [0.4, 0.5) is 5.69 Å². The first-order chi connectivity index (χ1) is 9.58. The van der Waals surface area contributed by atoms with E-state index in [1.807, 2.05) is 0 Å². The van der Waals surface area contributed by atoms with Crippen molar-refractivity contribution in [1.29, 1.82) is 0 Å². The summed E-state index contributed by atoms with van der Waals surface area (Å²) >= 11 is 0. The molecule has 1 atom stereocenters. The predicted octanol–water partition coefficient (Wildman–Crippen LogP) is 1.89. The van der Waals surface area contributed by atoms with E-state index in [9.17, 15) is 9.59 Å². The Balaban J connectivity index is 0.00000220. The number of nitrogens with zero attached hydrogens (tertiary/aromatic N) is 1. The number of benzene rings is 1. The van der Waals surface area contributed by atoms with Gasteiger partial charge in [-0.25, -0.2) is 0 Å². The van der Waals surface area contributed by atoms with E-state index >= 15 is 0 Å². The second kappa shape index (κ2) is 8.00. The zero-order valence-corrected chi connectivity index (χ0v) is 13.2. The van der Waals surface area contributed by atoms with Gasteiger partial charge in [-0.15, -0.1) is 12.4 Å². The van der Waals surface area contributed by atoms with E-state index in [-0.39, 0.29) is 30.3 Å². The zero-order valence-electron chi connectivity index (χ0n) is 12.4. The second-order valence-corrected chi connectivity index (χ2v) is 5.27. The monoisotopic (exact) mass is 311 g/mol. The molecule has 1 saturated heterocycles. The summed E-state index contributed by atoms with van der Waals surface area (Å²) in [6, 6.07) is 6.91. The van der Waals surface area contributed by atoms with Crippen molar-refractivity contribution in [1.82, 2.24) is 10.2 Å². The van der Waals surface area contributed by atoms with Gasteiger partial charge in [0.05, 0.1) is 6.04 Å². The molecule has 116 valence electrons. The van der Waals surface area contributed by atoms with Crippen LogP contribution in [0.3, 0.4) is 0 Å². The highest BCUT2D eigenvalue weighted by Crippen LogP contribution is 2.14. The lowest BCUT2D eigenvalue weighted by molar-refractivity contribution is -0.118. The highest BCUT2D eigenvalue weighted by molar-refractivity contribution is 5.98. The van der Waals surface area contributed by atoms with Crippen molar-refractivity contribution < 1.29 is 9.59 Å². The highest BCUT2D eigenvalue weighted by atomic mass is 35.5. The molecule has 2 rings (SSSR count). The second-order valence-electron chi connectivity index (χ2n) is 5.27. The number of amides is 2. The van der Waals surface area contributed by atoms with Gasteiger partial charge in [-0.1, -0.05) is 12.5 Å². The smallest absolute Gasteiger partial charge is 0.253 e. The van der Waals surface area contributed by atoms with Crippen molar-refractivity contribution in [2.24, 2.45) is 0 Å². The molecule has 1 aromatic rings. The molecule has 21 heavy (non-hydrogen) atoms. The topological polar surface area (TPSA) is 61.4 Å². The minimum absolute atomic E-state index is 0. The van der Waals surface area contributed by atoms with Gasteiger partial charge in [0.2, 0.25) is 5.91 Å². The molecule has 0 spiro atoms. The summed E-state index contributed by atoms with van der Waals surface area (Å²) in [6.45, 7) is 0.886. The maximum atomic E-state index is 12.1. The SMILES string of the molecule is CN(C)C(=O)c1cccc(NC(=O)[C@@H]2CCCCN2)c1.Cl. The van der Waals surface area contributed by atoms with Crippen molar-refractivity contribution in [2.75, 3.05) is 26.0 Å². The first-order valence-electron chi connectivity index (χ1n) is 6.94. The van der Waals surface area contributed by atoms with Crippen molar-refractivity contribution in [3.63, 3.8) is 0 Å². The fraction of sp³-hybridized carbons (Fsp3) is 0.467. The summed E-state index contributed by atoms with van der Waals surface area (Å²) < 4.78 is 0. The number of hydrogen-bond acceptors (Lipinski definition) is 3. The third-order valence-electron chi connectivity index (χ3n) is 3.41. The fourth-order valence-electron chi connectivity index (χ4n) is 2.29. The predicted molar refractivity (Wildman–Crippen MR) is 86.0 cm³/mol. The highest BCUT2D eigenvalue weighted by Gasteiger charge is 2.20. The van der Waals surface area contributed by atoms with Crippen molar-refractivity contribution in [3.8, 4) is 0 Å². The Morgan fingerprint density at radius 2 is 2.05 bits per heavy atom. The third-order valence-corrected chi connectivity index (χ3v) is 3.41. The average molecular weight is 312 g/mol. The molecule has 0 saturated carbocycles. The van der Waals surface area contributed by atoms with Gasteiger partial charge in [-0.3, -0.25) is 9.59 Å². The molecular formula is C15H22ClN3O2. The lowest BCUT2D eigenvalue weighted by Gasteiger charge is -2.22. The van der Waals surface area contributed by atoms with E-state index in [2.05, 4.69) is 10.6 Å². The van der Waals surface area contributed by atoms with Crippen LogP contribution in [-0.2, 0) is 4.79 Å². The van der Waals surface area contributed by atoms with Gasteiger partial charge in [-0.2, -0.15) is 0 Å². The number of carbonyl (C=O) groups excluding carboxylic acids is 2. The van der Waals surface area contributed by atoms with E-state index in [1.54, 1.807) is 38.4 Å². The molecule has 1 aromatic carbocycles. The van der Waals surface area contributed by atoms with E-state index in [0.717, 1.165) is 25.8 Å². The Morgan fingerprint density at radius 1 is 1.29 bits per heavy atom. The Kier molecular flexibility index (Phi) is 6.65. The van der Waals surface area contributed by atoms with Crippen LogP contribution in [-0.4, -0.2) is 43.4 Å². The van der Waals surface area contributed by atoms with Crippen LogP contribution in [0.1, 0.15) is 29.6 Å². The fourth-order valence-corrected chi connectivity index (χ4v) is 2.29. The number of anilines is 1. The molecule has 0 aliphatic carbocycles. The van der Waals surface area contributed by atoms with Crippen LogP contribution >= 0.6 is 12.4 Å². The molecule has 1 aliphatic heterocycles. The summed E-state index contributed by atoms with van der Waals surface area (Å²) in [5, 5.41) is 6.08. The first-order valence-corrected chi connectivity index (χ1v) is 6.94. The molecule has 2 amide bonds. The summed E-state index contributed by atoms with van der Waals surface area (Å²) in [7, 11) is 3.42. The van der Waals surface area contributed by atoms with Gasteiger partial charge in [0, 0.05) is 25.3 Å². The minimum atomic E-state index is -0.128. The van der Waals surface area contributed by atoms with Crippen LogP contribution < -0.4 is 10.6 Å². The summed E-state index contributed by atoms with van der Waals surface area (Å²) in [4.78, 5) is 25.5. The zero-order chi connectivity index (χ0) is 14.5. The standard InChI is InChI=1S/C15H21N3O2.ClH/c1-18(2)15(20)11-6-5-7-12(10-11)17-14(19)13-8-3-4-9-16-13;/h5-7,10,13,16H,3-4,8-9H2,1-2H3,(H,17,19);1H/t13-;/m0./s1. The Bertz CT molecular complexity index is 499. The molecule has 0 unspecified atom stereocenters. The van der Waals surface area contributed by atoms with Gasteiger partial charge in [-0.05, 0) is 37.6 Å². The molecule has 0 bridgehead atoms. The van der Waals surface area contributed by atoms with Gasteiger partial charge < -0.3 is 15.5 Å². The van der Waals surface area contributed by atoms with Gasteiger partial charge in [0.1, 0.15) is 0 Å². The van der Waals surface area contributed by atoms with Crippen LogP contribution in [0.2, 0.25) is 0 Å². The number of rotatable bonds is 3. The van der Waals surface area contributed by atoms with E-state index in [4.69, 9.17) is 0 Å². The Labute approximate surface area is 131 Å². The van der Waals surface area contributed by atoms with Crippen LogP contribution in [0, 0.1) is 0 Å². The maximum absolute atomic E-state index is 12.1. The number of halogens is 1. The van der Waals surface area contributed by atoms with Crippen LogP contribution in [0.5, 0.6) is 0 Å². The van der Waals surface area contributed by atoms with Crippen LogP contribution in [0.15, 0.2) is 24.3 Å². The summed E-state index contributed by atoms with van der Waals surface area (Å²) in [6.07, 6.45) is 3.06. The maximum Gasteiger partial charge on any atom is 0.253 e. The van der Waals surface area contributed by atoms with E-state index < -0.39 is 0 Å². The molecule has 2 N–H and O–H groups in total. The molecule has 1 heterocycles. The third kappa shape index (κ3) is 4.72. The van der Waals surface area contributed by atoms with Gasteiger partial charge in [0.15, 0.2) is 0 Å². The summed E-state index contributed by atoms with van der Waals surface area (Å²) in [5.74, 6) is -0.101. The van der Waals surface area contributed by atoms with E-state index in [0.29, 0.717) is 11.3 Å². The lowest BCUT2D eigenvalue weighted by Crippen LogP contribution is -2.43. The van der Waals surface area contributed by atoms with Crippen molar-refractivity contribution in [3.05, 3.63) is 29.8 Å². The molecule has 1 fully saturated rings. The number of hydrogen-bond donors (Lipinski definition) is 2. The Hall–Kier alpha value is -1.59.